The van der Waals surface area contributed by atoms with Crippen LogP contribution in [0.4, 0.5) is 23.7 Å². The van der Waals surface area contributed by atoms with Crippen molar-refractivity contribution in [2.24, 2.45) is 0 Å². The number of hydrogen-bond donors (Lipinski definition) is 3. The molecule has 0 spiro atoms. The number of anilines is 1. The summed E-state index contributed by atoms with van der Waals surface area (Å²) in [6.45, 7) is 5.54. The first-order valence-corrected chi connectivity index (χ1v) is 16.5. The van der Waals surface area contributed by atoms with E-state index in [1.807, 2.05) is 29.2 Å². The van der Waals surface area contributed by atoms with Crippen LogP contribution in [-0.2, 0) is 27.3 Å². The molecule has 3 aromatic carbocycles. The minimum Gasteiger partial charge on any atom is -0.542 e. The molecule has 11 nitrogen and oxygen atoms in total. The number of benzene rings is 3. The highest BCUT2D eigenvalue weighted by atomic mass is 35.5. The van der Waals surface area contributed by atoms with Crippen LogP contribution in [0, 0.1) is 0 Å². The van der Waals surface area contributed by atoms with Gasteiger partial charge in [0.15, 0.2) is 0 Å². The Kier molecular flexibility index (Phi) is 14.3. The SMILES string of the molecule is CC(C)OC(=O)c1ccc(NC(=O)N[C@@H](Cc2ccc(O)cc2)C(=O)N2CCC[C@@H]([N+](C)(C)Cc3ccc(Cl)cc3)C2)cc1.O=C([O-])C(F)(F)F. The molecule has 1 fully saturated rings. The fourth-order valence-corrected chi connectivity index (χ4v) is 5.63. The molecule has 15 heteroatoms. The molecular weight excluding hydrogens is 693 g/mol. The molecule has 0 aromatic heterocycles. The van der Waals surface area contributed by atoms with Gasteiger partial charge in [0.2, 0.25) is 5.91 Å². The smallest absolute Gasteiger partial charge is 0.430 e. The summed E-state index contributed by atoms with van der Waals surface area (Å²) in [5.41, 5.74) is 2.83. The third kappa shape index (κ3) is 13.1. The number of carboxylic acid groups (broad SMARTS) is 1. The summed E-state index contributed by atoms with van der Waals surface area (Å²) < 4.78 is 37.5. The highest BCUT2D eigenvalue weighted by molar-refractivity contribution is 6.30. The number of amides is 3. The average Bonchev–Trinajstić information content (AvgIpc) is 3.06. The number of hydrogen-bond acceptors (Lipinski definition) is 7. The van der Waals surface area contributed by atoms with Gasteiger partial charge in [-0.05, 0) is 74.4 Å². The normalized spacial score (nSPS) is 15.2. The van der Waals surface area contributed by atoms with Crippen molar-refractivity contribution >= 4 is 41.2 Å². The number of urea groups is 1. The van der Waals surface area contributed by atoms with E-state index in [4.69, 9.17) is 26.2 Å². The molecule has 2 atom stereocenters. The fourth-order valence-electron chi connectivity index (χ4n) is 5.50. The van der Waals surface area contributed by atoms with E-state index in [2.05, 4.69) is 24.7 Å². The fraction of sp³-hybridized carbons (Fsp3) is 0.389. The second-order valence-electron chi connectivity index (χ2n) is 13.0. The van der Waals surface area contributed by atoms with Crippen molar-refractivity contribution in [3.63, 3.8) is 0 Å². The van der Waals surface area contributed by atoms with Crippen LogP contribution in [0.3, 0.4) is 0 Å². The number of nitrogens with zero attached hydrogens (tertiary/aromatic N) is 2. The molecule has 1 saturated heterocycles. The number of nitrogens with one attached hydrogen (secondary N) is 2. The Balaban J connectivity index is 0.000000908. The number of aliphatic carboxylic acids is 1. The Hall–Kier alpha value is -4.82. The maximum Gasteiger partial charge on any atom is 0.430 e. The van der Waals surface area contributed by atoms with E-state index in [0.717, 1.165) is 24.9 Å². The van der Waals surface area contributed by atoms with E-state index < -0.39 is 30.2 Å². The summed E-state index contributed by atoms with van der Waals surface area (Å²) in [5.74, 6) is -3.48. The van der Waals surface area contributed by atoms with E-state index >= 15 is 0 Å². The number of likely N-dealkylation sites (N-methyl/N-ethyl adjacent to an activating group) is 1. The van der Waals surface area contributed by atoms with Crippen molar-refractivity contribution in [1.82, 2.24) is 10.2 Å². The molecule has 0 aliphatic carbocycles. The molecule has 0 bridgehead atoms. The number of quaternary nitrogens is 1. The summed E-state index contributed by atoms with van der Waals surface area (Å²) in [7, 11) is 4.36. The van der Waals surface area contributed by atoms with Gasteiger partial charge >= 0.3 is 18.2 Å². The van der Waals surface area contributed by atoms with Gasteiger partial charge in [-0.1, -0.05) is 35.9 Å². The number of phenols is 1. The Morgan fingerprint density at radius 2 is 1.55 bits per heavy atom. The molecule has 3 N–H and O–H groups in total. The first kappa shape index (κ1) is 40.6. The summed E-state index contributed by atoms with van der Waals surface area (Å²) in [5, 5.41) is 24.9. The number of likely N-dealkylation sites (tertiary alicyclic amines) is 1. The molecule has 0 saturated carbocycles. The Bertz CT molecular complexity index is 1630. The van der Waals surface area contributed by atoms with Crippen LogP contribution < -0.4 is 15.7 Å². The van der Waals surface area contributed by atoms with Crippen LogP contribution in [0.1, 0.15) is 48.2 Å². The van der Waals surface area contributed by atoms with Crippen molar-refractivity contribution in [2.75, 3.05) is 32.5 Å². The van der Waals surface area contributed by atoms with Crippen molar-refractivity contribution in [1.29, 1.82) is 0 Å². The Labute approximate surface area is 299 Å². The Morgan fingerprint density at radius 3 is 2.10 bits per heavy atom. The number of ether oxygens (including phenoxy) is 1. The molecule has 0 radical (unpaired) electrons. The van der Waals surface area contributed by atoms with Crippen LogP contribution in [0.15, 0.2) is 72.8 Å². The maximum atomic E-state index is 14.0. The van der Waals surface area contributed by atoms with Gasteiger partial charge in [-0.3, -0.25) is 4.79 Å². The predicted octanol–water partition coefficient (Wildman–Crippen LogP) is 4.91. The second-order valence-corrected chi connectivity index (χ2v) is 13.4. The molecule has 4 rings (SSSR count). The number of alkyl halides is 3. The lowest BCUT2D eigenvalue weighted by molar-refractivity contribution is -0.928. The van der Waals surface area contributed by atoms with Gasteiger partial charge in [0, 0.05) is 35.7 Å². The highest BCUT2D eigenvalue weighted by Gasteiger charge is 2.37. The van der Waals surface area contributed by atoms with Gasteiger partial charge in [-0.15, -0.1) is 0 Å². The molecule has 276 valence electrons. The number of carboxylic acids is 1. The van der Waals surface area contributed by atoms with E-state index in [1.165, 1.54) is 5.56 Å². The van der Waals surface area contributed by atoms with Gasteiger partial charge in [0.25, 0.3) is 0 Å². The zero-order valence-corrected chi connectivity index (χ0v) is 29.5. The largest absolute Gasteiger partial charge is 0.542 e. The van der Waals surface area contributed by atoms with E-state index in [-0.39, 0.29) is 30.2 Å². The number of esters is 1. The standard InChI is InChI=1S/C34H41ClN4O5.C2HF3O2/c1-23(2)44-33(42)26-11-15-28(16-12-26)36-34(43)37-31(20-24-9-17-30(40)18-10-24)32(41)38-19-5-6-29(21-38)39(3,4)22-25-7-13-27(35)14-8-25;3-2(4,5)1(6)7/h7-18,23,29,31H,5-6,19-22H2,1-4H3,(H2-,36,37,40,42,43);(H,6,7)/t29-,31+;/m1./s1. The van der Waals surface area contributed by atoms with E-state index in [9.17, 15) is 32.7 Å². The van der Waals surface area contributed by atoms with Crippen LogP contribution in [-0.4, -0.2) is 89.9 Å². The maximum absolute atomic E-state index is 14.0. The third-order valence-electron chi connectivity index (χ3n) is 8.13. The monoisotopic (exact) mass is 734 g/mol. The van der Waals surface area contributed by atoms with Gasteiger partial charge < -0.3 is 39.8 Å². The van der Waals surface area contributed by atoms with Gasteiger partial charge in [0.1, 0.15) is 30.3 Å². The topological polar surface area (TPSA) is 148 Å². The molecule has 1 aliphatic rings. The van der Waals surface area contributed by atoms with Crippen LogP contribution in [0.5, 0.6) is 5.75 Å². The number of aromatic hydroxyl groups is 1. The first-order chi connectivity index (χ1) is 23.8. The minimum atomic E-state index is -5.19. The molecular formula is C36H42ClF3N4O7. The van der Waals surface area contributed by atoms with E-state index in [0.29, 0.717) is 33.8 Å². The number of halogens is 4. The highest BCUT2D eigenvalue weighted by Crippen LogP contribution is 2.24. The lowest BCUT2D eigenvalue weighted by atomic mass is 9.99. The number of carbonyl (C=O) groups excluding carboxylic acids is 4. The molecule has 3 amide bonds. The molecule has 1 heterocycles. The summed E-state index contributed by atoms with van der Waals surface area (Å²) in [4.78, 5) is 49.9. The lowest BCUT2D eigenvalue weighted by Gasteiger charge is -2.44. The van der Waals surface area contributed by atoms with E-state index in [1.54, 1.807) is 62.4 Å². The van der Waals surface area contributed by atoms with Gasteiger partial charge in [-0.25, -0.2) is 9.59 Å². The van der Waals surface area contributed by atoms with Crippen LogP contribution in [0.25, 0.3) is 0 Å². The summed E-state index contributed by atoms with van der Waals surface area (Å²) in [6, 6.07) is 19.7. The van der Waals surface area contributed by atoms with Gasteiger partial charge in [-0.2, -0.15) is 13.2 Å². The number of piperidine rings is 1. The number of phenolic OH excluding ortho intramolecular Hbond substituents is 1. The zero-order chi connectivity index (χ0) is 37.9. The second kappa shape index (κ2) is 17.9. The van der Waals surface area contributed by atoms with Crippen molar-refractivity contribution in [3.8, 4) is 5.75 Å². The zero-order valence-electron chi connectivity index (χ0n) is 28.7. The number of rotatable bonds is 10. The molecule has 51 heavy (non-hydrogen) atoms. The quantitative estimate of drug-likeness (QED) is 0.198. The summed E-state index contributed by atoms with van der Waals surface area (Å²) >= 11 is 6.08. The molecule has 3 aromatic rings. The van der Waals surface area contributed by atoms with Crippen LogP contribution in [0.2, 0.25) is 5.02 Å². The molecule has 0 unspecified atom stereocenters. The average molecular weight is 735 g/mol. The third-order valence-corrected chi connectivity index (χ3v) is 8.38. The Morgan fingerprint density at radius 1 is 0.980 bits per heavy atom. The summed E-state index contributed by atoms with van der Waals surface area (Å²) in [6.07, 6.45) is -3.32. The van der Waals surface area contributed by atoms with Crippen LogP contribution >= 0.6 is 11.6 Å². The minimum absolute atomic E-state index is 0.127. The van der Waals surface area contributed by atoms with Crippen molar-refractivity contribution in [3.05, 3.63) is 94.5 Å². The first-order valence-electron chi connectivity index (χ1n) is 16.1. The van der Waals surface area contributed by atoms with Crippen molar-refractivity contribution in [2.45, 2.75) is 64.0 Å². The molecule has 1 aliphatic heterocycles. The predicted molar refractivity (Wildman–Crippen MR) is 183 cm³/mol. The van der Waals surface area contributed by atoms with Crippen molar-refractivity contribution < 1.29 is 51.8 Å². The lowest BCUT2D eigenvalue weighted by Crippen LogP contribution is -2.59. The number of carbonyl (C=O) groups is 4. The van der Waals surface area contributed by atoms with Gasteiger partial charge in [0.05, 0.1) is 32.3 Å².